The van der Waals surface area contributed by atoms with Crippen molar-refractivity contribution in [1.82, 2.24) is 0 Å². The van der Waals surface area contributed by atoms with Crippen LogP contribution in [0.15, 0.2) is 48.5 Å². The second kappa shape index (κ2) is 6.07. The van der Waals surface area contributed by atoms with Gasteiger partial charge in [-0.1, -0.05) is 23.7 Å². The van der Waals surface area contributed by atoms with Crippen LogP contribution in [-0.4, -0.2) is 25.2 Å². The first-order valence-corrected chi connectivity index (χ1v) is 7.12. The van der Waals surface area contributed by atoms with Gasteiger partial charge in [0.15, 0.2) is 0 Å². The largest absolute Gasteiger partial charge is 0.447 e. The number of nitrogens with one attached hydrogen (secondary N) is 1. The van der Waals surface area contributed by atoms with Crippen LogP contribution in [0.1, 0.15) is 10.4 Å². The molecule has 0 spiro atoms. The van der Waals surface area contributed by atoms with Crippen LogP contribution < -0.4 is 10.2 Å². The van der Waals surface area contributed by atoms with Crippen molar-refractivity contribution in [3.63, 3.8) is 0 Å². The molecule has 1 aliphatic heterocycles. The number of hydrogen-bond donors (Lipinski definition) is 1. The minimum atomic E-state index is -0.377. The predicted octanol–water partition coefficient (Wildman–Crippen LogP) is 3.55. The molecule has 1 fully saturated rings. The molecule has 0 saturated carbocycles. The second-order valence-electron chi connectivity index (χ2n) is 4.78. The number of cyclic esters (lactones) is 1. The molecule has 22 heavy (non-hydrogen) atoms. The molecule has 5 nitrogen and oxygen atoms in total. The lowest BCUT2D eigenvalue weighted by atomic mass is 10.2. The zero-order chi connectivity index (χ0) is 15.5. The van der Waals surface area contributed by atoms with Crippen molar-refractivity contribution in [2.45, 2.75) is 0 Å². The van der Waals surface area contributed by atoms with Crippen molar-refractivity contribution in [3.05, 3.63) is 59.1 Å². The quantitative estimate of drug-likeness (QED) is 0.942. The van der Waals surface area contributed by atoms with Gasteiger partial charge in [-0.3, -0.25) is 9.69 Å². The maximum atomic E-state index is 12.2. The summed E-state index contributed by atoms with van der Waals surface area (Å²) in [6.45, 7) is 0.877. The Labute approximate surface area is 132 Å². The minimum Gasteiger partial charge on any atom is -0.447 e. The van der Waals surface area contributed by atoms with Gasteiger partial charge in [-0.25, -0.2) is 4.79 Å². The fourth-order valence-electron chi connectivity index (χ4n) is 2.21. The van der Waals surface area contributed by atoms with E-state index in [9.17, 15) is 9.59 Å². The van der Waals surface area contributed by atoms with Gasteiger partial charge >= 0.3 is 6.09 Å². The number of halogens is 1. The average Bonchev–Trinajstić information content (AvgIpc) is 2.94. The van der Waals surface area contributed by atoms with Crippen LogP contribution >= 0.6 is 11.6 Å². The Morgan fingerprint density at radius 2 is 2.00 bits per heavy atom. The summed E-state index contributed by atoms with van der Waals surface area (Å²) in [7, 11) is 0. The fourth-order valence-corrected chi connectivity index (χ4v) is 2.40. The number of carbonyl (C=O) groups is 2. The SMILES string of the molecule is O=C(Nc1cccc(N2CCOC2=O)c1)c1cccc(Cl)c1. The Morgan fingerprint density at radius 3 is 2.73 bits per heavy atom. The molecular weight excluding hydrogens is 304 g/mol. The highest BCUT2D eigenvalue weighted by Gasteiger charge is 2.23. The highest BCUT2D eigenvalue weighted by molar-refractivity contribution is 6.31. The van der Waals surface area contributed by atoms with E-state index < -0.39 is 0 Å². The Morgan fingerprint density at radius 1 is 1.18 bits per heavy atom. The average molecular weight is 317 g/mol. The Kier molecular flexibility index (Phi) is 3.98. The summed E-state index contributed by atoms with van der Waals surface area (Å²) in [5.74, 6) is -0.261. The molecule has 0 atom stereocenters. The van der Waals surface area contributed by atoms with Crippen LogP contribution in [0.5, 0.6) is 0 Å². The molecule has 2 aromatic carbocycles. The summed E-state index contributed by atoms with van der Waals surface area (Å²) in [5, 5.41) is 3.29. The molecule has 0 aromatic heterocycles. The summed E-state index contributed by atoms with van der Waals surface area (Å²) in [4.78, 5) is 25.3. The number of anilines is 2. The van der Waals surface area contributed by atoms with Crippen molar-refractivity contribution in [1.29, 1.82) is 0 Å². The van der Waals surface area contributed by atoms with Gasteiger partial charge in [-0.05, 0) is 36.4 Å². The lowest BCUT2D eigenvalue weighted by Crippen LogP contribution is -2.23. The monoisotopic (exact) mass is 316 g/mol. The number of nitrogens with zero attached hydrogens (tertiary/aromatic N) is 1. The van der Waals surface area contributed by atoms with E-state index in [-0.39, 0.29) is 12.0 Å². The summed E-state index contributed by atoms with van der Waals surface area (Å²) < 4.78 is 4.91. The van der Waals surface area contributed by atoms with E-state index >= 15 is 0 Å². The topological polar surface area (TPSA) is 58.6 Å². The van der Waals surface area contributed by atoms with E-state index in [1.54, 1.807) is 48.5 Å². The first-order chi connectivity index (χ1) is 10.6. The summed E-state index contributed by atoms with van der Waals surface area (Å²) in [6, 6.07) is 13.8. The van der Waals surface area contributed by atoms with Gasteiger partial charge in [0.1, 0.15) is 6.61 Å². The van der Waals surface area contributed by atoms with E-state index in [1.807, 2.05) is 0 Å². The van der Waals surface area contributed by atoms with Crippen molar-refractivity contribution >= 4 is 35.0 Å². The number of hydrogen-bond acceptors (Lipinski definition) is 3. The van der Waals surface area contributed by atoms with Crippen LogP contribution in [0, 0.1) is 0 Å². The molecule has 0 aliphatic carbocycles. The first kappa shape index (κ1) is 14.4. The van der Waals surface area contributed by atoms with Gasteiger partial charge in [0.25, 0.3) is 5.91 Å². The smallest absolute Gasteiger partial charge is 0.414 e. The second-order valence-corrected chi connectivity index (χ2v) is 5.22. The van der Waals surface area contributed by atoms with E-state index in [1.165, 1.54) is 4.90 Å². The standard InChI is InChI=1S/C16H13ClN2O3/c17-12-4-1-3-11(9-12)15(20)18-13-5-2-6-14(10-13)19-7-8-22-16(19)21/h1-6,9-10H,7-8H2,(H,18,20). The summed E-state index contributed by atoms with van der Waals surface area (Å²) >= 11 is 5.88. The van der Waals surface area contributed by atoms with Gasteiger partial charge in [0, 0.05) is 22.0 Å². The molecule has 1 aliphatic rings. The number of rotatable bonds is 3. The Bertz CT molecular complexity index is 733. The first-order valence-electron chi connectivity index (χ1n) is 6.75. The lowest BCUT2D eigenvalue weighted by molar-refractivity contribution is 0.102. The highest BCUT2D eigenvalue weighted by atomic mass is 35.5. The molecule has 2 aromatic rings. The van der Waals surface area contributed by atoms with Crippen LogP contribution in [-0.2, 0) is 4.74 Å². The van der Waals surface area contributed by atoms with Gasteiger partial charge < -0.3 is 10.1 Å². The number of ether oxygens (including phenoxy) is 1. The molecular formula is C16H13ClN2O3. The van der Waals surface area contributed by atoms with Crippen molar-refractivity contribution in [3.8, 4) is 0 Å². The number of carbonyl (C=O) groups excluding carboxylic acids is 2. The number of amides is 2. The van der Waals surface area contributed by atoms with E-state index in [2.05, 4.69) is 5.32 Å². The number of benzene rings is 2. The van der Waals surface area contributed by atoms with Crippen LogP contribution in [0.25, 0.3) is 0 Å². The molecule has 1 saturated heterocycles. The minimum absolute atomic E-state index is 0.261. The van der Waals surface area contributed by atoms with E-state index in [0.717, 1.165) is 0 Å². The molecule has 3 rings (SSSR count). The van der Waals surface area contributed by atoms with Crippen molar-refractivity contribution in [2.75, 3.05) is 23.4 Å². The molecule has 0 radical (unpaired) electrons. The Hall–Kier alpha value is -2.53. The molecule has 1 N–H and O–H groups in total. The molecule has 112 valence electrons. The zero-order valence-corrected chi connectivity index (χ0v) is 12.3. The van der Waals surface area contributed by atoms with Gasteiger partial charge in [0.2, 0.25) is 0 Å². The third-order valence-corrected chi connectivity index (χ3v) is 3.50. The van der Waals surface area contributed by atoms with Crippen molar-refractivity contribution < 1.29 is 14.3 Å². The van der Waals surface area contributed by atoms with Crippen LogP contribution in [0.2, 0.25) is 5.02 Å². The van der Waals surface area contributed by atoms with Crippen LogP contribution in [0.4, 0.5) is 16.2 Å². The zero-order valence-electron chi connectivity index (χ0n) is 11.6. The van der Waals surface area contributed by atoms with Gasteiger partial charge in [0.05, 0.1) is 6.54 Å². The summed E-state index contributed by atoms with van der Waals surface area (Å²) in [5.41, 5.74) is 1.76. The molecule has 1 heterocycles. The fraction of sp³-hybridized carbons (Fsp3) is 0.125. The molecule has 0 unspecified atom stereocenters. The van der Waals surface area contributed by atoms with Crippen LogP contribution in [0.3, 0.4) is 0 Å². The molecule has 6 heteroatoms. The van der Waals surface area contributed by atoms with Gasteiger partial charge in [-0.2, -0.15) is 0 Å². The van der Waals surface area contributed by atoms with Crippen molar-refractivity contribution in [2.24, 2.45) is 0 Å². The molecule has 0 bridgehead atoms. The third-order valence-electron chi connectivity index (χ3n) is 3.26. The maximum Gasteiger partial charge on any atom is 0.414 e. The van der Waals surface area contributed by atoms with E-state index in [4.69, 9.17) is 16.3 Å². The van der Waals surface area contributed by atoms with Gasteiger partial charge in [-0.15, -0.1) is 0 Å². The molecule has 2 amide bonds. The normalized spacial score (nSPS) is 13.9. The Balaban J connectivity index is 1.78. The lowest BCUT2D eigenvalue weighted by Gasteiger charge is -2.14. The highest BCUT2D eigenvalue weighted by Crippen LogP contribution is 2.23. The van der Waals surface area contributed by atoms with E-state index in [0.29, 0.717) is 35.1 Å². The maximum absolute atomic E-state index is 12.2. The third kappa shape index (κ3) is 3.04. The summed E-state index contributed by atoms with van der Waals surface area (Å²) in [6.07, 6.45) is -0.377. The predicted molar refractivity (Wildman–Crippen MR) is 84.5 cm³/mol.